The van der Waals surface area contributed by atoms with E-state index in [1.165, 1.54) is 12.8 Å². The van der Waals surface area contributed by atoms with Crippen molar-refractivity contribution in [2.45, 2.75) is 44.8 Å². The van der Waals surface area contributed by atoms with Crippen LogP contribution >= 0.6 is 11.6 Å². The van der Waals surface area contributed by atoms with Gasteiger partial charge in [0.15, 0.2) is 0 Å². The fourth-order valence-corrected chi connectivity index (χ4v) is 2.42. The highest BCUT2D eigenvalue weighted by Gasteiger charge is 2.13. The molecule has 1 aromatic rings. The summed E-state index contributed by atoms with van der Waals surface area (Å²) in [6.45, 7) is 1.95. The zero-order valence-electron chi connectivity index (χ0n) is 12.1. The summed E-state index contributed by atoms with van der Waals surface area (Å²) >= 11 is 5.75. The van der Waals surface area contributed by atoms with E-state index in [0.717, 1.165) is 31.6 Å². The highest BCUT2D eigenvalue weighted by molar-refractivity contribution is 6.30. The second-order valence-corrected chi connectivity index (χ2v) is 5.64. The summed E-state index contributed by atoms with van der Waals surface area (Å²) in [5, 5.41) is 6.21. The van der Waals surface area contributed by atoms with Crippen molar-refractivity contribution in [1.29, 1.82) is 0 Å². The number of urea groups is 1. The maximum atomic E-state index is 11.6. The van der Waals surface area contributed by atoms with E-state index in [-0.39, 0.29) is 6.03 Å². The van der Waals surface area contributed by atoms with Crippen LogP contribution in [0.15, 0.2) is 18.3 Å². The molecule has 1 atom stereocenters. The predicted octanol–water partition coefficient (Wildman–Crippen LogP) is 2.88. The Morgan fingerprint density at radius 2 is 2.29 bits per heavy atom. The van der Waals surface area contributed by atoms with Crippen molar-refractivity contribution < 1.29 is 9.53 Å². The van der Waals surface area contributed by atoms with E-state index in [1.54, 1.807) is 18.3 Å². The van der Waals surface area contributed by atoms with Gasteiger partial charge in [-0.25, -0.2) is 4.79 Å². The Morgan fingerprint density at radius 3 is 3.00 bits per heavy atom. The van der Waals surface area contributed by atoms with Gasteiger partial charge in [-0.15, -0.1) is 0 Å². The number of aromatic nitrogens is 1. The monoisotopic (exact) mass is 311 g/mol. The third kappa shape index (κ3) is 6.31. The molecule has 0 unspecified atom stereocenters. The standard InChI is InChI=1S/C15H22ClN3O2/c16-12-6-7-13(18-10-12)11-19-15(20)17-8-3-5-14-4-1-2-9-21-14/h6-7,10,14H,1-5,8-9,11H2,(H2,17,19,20)/t14-/m1/s1. The molecule has 6 heteroatoms. The van der Waals surface area contributed by atoms with Gasteiger partial charge in [-0.05, 0) is 44.2 Å². The summed E-state index contributed by atoms with van der Waals surface area (Å²) in [5.74, 6) is 0. The van der Waals surface area contributed by atoms with Crippen molar-refractivity contribution in [1.82, 2.24) is 15.6 Å². The lowest BCUT2D eigenvalue weighted by Gasteiger charge is -2.22. The Bertz CT molecular complexity index is 433. The average Bonchev–Trinajstić information content (AvgIpc) is 2.52. The van der Waals surface area contributed by atoms with Crippen molar-refractivity contribution in [2.24, 2.45) is 0 Å². The number of carbonyl (C=O) groups is 1. The maximum Gasteiger partial charge on any atom is 0.315 e. The fourth-order valence-electron chi connectivity index (χ4n) is 2.31. The topological polar surface area (TPSA) is 63.2 Å². The van der Waals surface area contributed by atoms with Crippen molar-refractivity contribution in [3.8, 4) is 0 Å². The lowest BCUT2D eigenvalue weighted by molar-refractivity contribution is 0.0103. The van der Waals surface area contributed by atoms with Gasteiger partial charge in [0.05, 0.1) is 23.4 Å². The van der Waals surface area contributed by atoms with Gasteiger partial charge in [0.2, 0.25) is 0 Å². The third-order valence-corrected chi connectivity index (χ3v) is 3.70. The van der Waals surface area contributed by atoms with Gasteiger partial charge in [-0.1, -0.05) is 11.6 Å². The molecule has 0 spiro atoms. The molecule has 1 saturated heterocycles. The van der Waals surface area contributed by atoms with Crippen LogP contribution in [0.1, 0.15) is 37.8 Å². The molecule has 2 amide bonds. The van der Waals surface area contributed by atoms with E-state index in [2.05, 4.69) is 15.6 Å². The van der Waals surface area contributed by atoms with E-state index in [9.17, 15) is 4.79 Å². The number of ether oxygens (including phenoxy) is 1. The van der Waals surface area contributed by atoms with Crippen LogP contribution in [0.25, 0.3) is 0 Å². The lowest BCUT2D eigenvalue weighted by Crippen LogP contribution is -2.36. The van der Waals surface area contributed by atoms with Crippen LogP contribution in [0.3, 0.4) is 0 Å². The van der Waals surface area contributed by atoms with E-state index in [0.29, 0.717) is 24.2 Å². The largest absolute Gasteiger partial charge is 0.378 e. The fraction of sp³-hybridized carbons (Fsp3) is 0.600. The molecule has 2 rings (SSSR count). The van der Waals surface area contributed by atoms with Crippen LogP contribution in [0, 0.1) is 0 Å². The molecule has 1 fully saturated rings. The zero-order valence-corrected chi connectivity index (χ0v) is 12.9. The van der Waals surface area contributed by atoms with E-state index >= 15 is 0 Å². The normalized spacial score (nSPS) is 18.2. The predicted molar refractivity (Wildman–Crippen MR) is 82.3 cm³/mol. The quantitative estimate of drug-likeness (QED) is 0.794. The van der Waals surface area contributed by atoms with Gasteiger partial charge in [0, 0.05) is 19.3 Å². The van der Waals surface area contributed by atoms with Crippen molar-refractivity contribution in [3.63, 3.8) is 0 Å². The molecule has 2 heterocycles. The summed E-state index contributed by atoms with van der Waals surface area (Å²) in [7, 11) is 0. The number of halogens is 1. The molecule has 5 nitrogen and oxygen atoms in total. The first-order valence-corrected chi connectivity index (χ1v) is 7.85. The first kappa shape index (κ1) is 16.0. The molecule has 1 aromatic heterocycles. The SMILES string of the molecule is O=C(NCCC[C@H]1CCCCO1)NCc1ccc(Cl)cn1. The number of pyridine rings is 1. The maximum absolute atomic E-state index is 11.6. The molecule has 0 bridgehead atoms. The van der Waals surface area contributed by atoms with Crippen molar-refractivity contribution >= 4 is 17.6 Å². The Hall–Kier alpha value is -1.33. The van der Waals surface area contributed by atoms with Crippen molar-refractivity contribution in [2.75, 3.05) is 13.2 Å². The van der Waals surface area contributed by atoms with E-state index in [4.69, 9.17) is 16.3 Å². The second-order valence-electron chi connectivity index (χ2n) is 5.21. The number of hydrogen-bond donors (Lipinski definition) is 2. The van der Waals surface area contributed by atoms with E-state index in [1.807, 2.05) is 0 Å². The second kappa shape index (κ2) is 8.85. The highest BCUT2D eigenvalue weighted by atomic mass is 35.5. The molecule has 2 N–H and O–H groups in total. The first-order valence-electron chi connectivity index (χ1n) is 7.48. The smallest absolute Gasteiger partial charge is 0.315 e. The Labute approximate surface area is 130 Å². The van der Waals surface area contributed by atoms with Crippen molar-refractivity contribution in [3.05, 3.63) is 29.0 Å². The minimum Gasteiger partial charge on any atom is -0.378 e. The summed E-state index contributed by atoms with van der Waals surface area (Å²) < 4.78 is 5.65. The molecule has 1 aliphatic rings. The van der Waals surface area contributed by atoms with Gasteiger partial charge in [-0.3, -0.25) is 4.98 Å². The Morgan fingerprint density at radius 1 is 1.38 bits per heavy atom. The summed E-state index contributed by atoms with van der Waals surface area (Å²) in [6.07, 6.45) is 7.48. The number of rotatable bonds is 6. The summed E-state index contributed by atoms with van der Waals surface area (Å²) in [4.78, 5) is 15.7. The molecule has 0 saturated carbocycles. The summed E-state index contributed by atoms with van der Waals surface area (Å²) in [6, 6.07) is 3.38. The molecule has 0 radical (unpaired) electrons. The van der Waals surface area contributed by atoms with Crippen LogP contribution in [-0.4, -0.2) is 30.3 Å². The number of hydrogen-bond acceptors (Lipinski definition) is 3. The molecule has 1 aliphatic heterocycles. The minimum absolute atomic E-state index is 0.170. The first-order chi connectivity index (χ1) is 10.2. The zero-order chi connectivity index (χ0) is 14.9. The van der Waals surface area contributed by atoms with Crippen LogP contribution in [0.2, 0.25) is 5.02 Å². The third-order valence-electron chi connectivity index (χ3n) is 3.48. The minimum atomic E-state index is -0.170. The average molecular weight is 312 g/mol. The van der Waals surface area contributed by atoms with Crippen LogP contribution in [0.4, 0.5) is 4.79 Å². The Kier molecular flexibility index (Phi) is 6.76. The molecular weight excluding hydrogens is 290 g/mol. The number of carbonyl (C=O) groups excluding carboxylic acids is 1. The number of nitrogens with one attached hydrogen (secondary N) is 2. The molecular formula is C15H22ClN3O2. The van der Waals surface area contributed by atoms with Gasteiger partial charge in [0.1, 0.15) is 0 Å². The molecule has 116 valence electrons. The summed E-state index contributed by atoms with van der Waals surface area (Å²) in [5.41, 5.74) is 0.783. The van der Waals surface area contributed by atoms with E-state index < -0.39 is 0 Å². The van der Waals surface area contributed by atoms with Gasteiger partial charge >= 0.3 is 6.03 Å². The molecule has 21 heavy (non-hydrogen) atoms. The molecule has 0 aliphatic carbocycles. The van der Waals surface area contributed by atoms with Gasteiger partial charge in [-0.2, -0.15) is 0 Å². The number of amides is 2. The van der Waals surface area contributed by atoms with Crippen LogP contribution in [0.5, 0.6) is 0 Å². The van der Waals surface area contributed by atoms with Gasteiger partial charge in [0.25, 0.3) is 0 Å². The van der Waals surface area contributed by atoms with Gasteiger partial charge < -0.3 is 15.4 Å². The van der Waals surface area contributed by atoms with Crippen LogP contribution < -0.4 is 10.6 Å². The number of nitrogens with zero attached hydrogens (tertiary/aromatic N) is 1. The molecule has 0 aromatic carbocycles. The van der Waals surface area contributed by atoms with Crippen LogP contribution in [-0.2, 0) is 11.3 Å². The highest BCUT2D eigenvalue weighted by Crippen LogP contribution is 2.16. The Balaban J connectivity index is 1.54. The lowest BCUT2D eigenvalue weighted by atomic mass is 10.0.